The van der Waals surface area contributed by atoms with Gasteiger partial charge in [-0.15, -0.1) is 0 Å². The van der Waals surface area contributed by atoms with Crippen LogP contribution in [0, 0.1) is 5.82 Å². The predicted octanol–water partition coefficient (Wildman–Crippen LogP) is 6.17. The fraction of sp³-hybridized carbons (Fsp3) is 0.0357. The van der Waals surface area contributed by atoms with E-state index >= 15 is 0 Å². The van der Waals surface area contributed by atoms with Gasteiger partial charge in [0.15, 0.2) is 12.6 Å². The van der Waals surface area contributed by atoms with Gasteiger partial charge < -0.3 is 4.74 Å². The summed E-state index contributed by atoms with van der Waals surface area (Å²) in [5.41, 5.74) is 2.67. The standard InChI is InChI=1S/C28H16Cl2FN3O4/c1-38-27-16(13-35)5-6-23(33-27)22-11-18(31)10-21(26(22)30)20-4-2-3-19(25(20)29)15-7-8-34-24(9-15)32-12-17(14-36)28(34)37/h2-14H,1H3. The van der Waals surface area contributed by atoms with Crippen LogP contribution in [-0.4, -0.2) is 34.1 Å². The fourth-order valence-electron chi connectivity index (χ4n) is 4.13. The first-order valence-electron chi connectivity index (χ1n) is 11.1. The number of ether oxygens (including phenoxy) is 1. The van der Waals surface area contributed by atoms with E-state index in [4.69, 9.17) is 27.9 Å². The number of nitrogens with zero attached hydrogens (tertiary/aromatic N) is 3. The predicted molar refractivity (Wildman–Crippen MR) is 143 cm³/mol. The summed E-state index contributed by atoms with van der Waals surface area (Å²) in [4.78, 5) is 43.2. The van der Waals surface area contributed by atoms with Gasteiger partial charge in [0.05, 0.1) is 34.0 Å². The average molecular weight is 548 g/mol. The van der Waals surface area contributed by atoms with Gasteiger partial charge in [-0.25, -0.2) is 14.4 Å². The number of halogens is 3. The molecule has 5 aromatic rings. The molecule has 7 nitrogen and oxygen atoms in total. The maximum Gasteiger partial charge on any atom is 0.268 e. The Bertz CT molecular complexity index is 1820. The van der Waals surface area contributed by atoms with E-state index in [1.165, 1.54) is 42.1 Å². The van der Waals surface area contributed by atoms with E-state index in [1.54, 1.807) is 36.4 Å². The number of hydrogen-bond donors (Lipinski definition) is 0. The molecule has 0 radical (unpaired) electrons. The van der Waals surface area contributed by atoms with Gasteiger partial charge in [0, 0.05) is 34.6 Å². The number of carbonyl (C=O) groups is 2. The number of rotatable bonds is 6. The van der Waals surface area contributed by atoms with Gasteiger partial charge >= 0.3 is 0 Å². The Morgan fingerprint density at radius 3 is 2.34 bits per heavy atom. The summed E-state index contributed by atoms with van der Waals surface area (Å²) in [6, 6.07) is 14.1. The first kappa shape index (κ1) is 25.3. The van der Waals surface area contributed by atoms with Crippen LogP contribution in [0.1, 0.15) is 20.7 Å². The molecule has 3 aromatic heterocycles. The van der Waals surface area contributed by atoms with Gasteiger partial charge in [0.1, 0.15) is 11.5 Å². The molecule has 0 aliphatic heterocycles. The molecule has 0 saturated heterocycles. The van der Waals surface area contributed by atoms with Crippen molar-refractivity contribution in [3.8, 4) is 39.4 Å². The van der Waals surface area contributed by atoms with Crippen LogP contribution in [0.2, 0.25) is 10.0 Å². The first-order valence-corrected chi connectivity index (χ1v) is 11.9. The fourth-order valence-corrected chi connectivity index (χ4v) is 4.77. The van der Waals surface area contributed by atoms with Crippen LogP contribution in [0.4, 0.5) is 4.39 Å². The molecule has 0 saturated carbocycles. The highest BCUT2D eigenvalue weighted by atomic mass is 35.5. The van der Waals surface area contributed by atoms with E-state index in [2.05, 4.69) is 9.97 Å². The van der Waals surface area contributed by atoms with Gasteiger partial charge in [-0.3, -0.25) is 18.8 Å². The van der Waals surface area contributed by atoms with Crippen molar-refractivity contribution in [2.45, 2.75) is 0 Å². The zero-order valence-corrected chi connectivity index (χ0v) is 21.1. The second-order valence-electron chi connectivity index (χ2n) is 8.18. The van der Waals surface area contributed by atoms with Gasteiger partial charge in [0.25, 0.3) is 5.56 Å². The van der Waals surface area contributed by atoms with Crippen LogP contribution in [0.15, 0.2) is 71.8 Å². The lowest BCUT2D eigenvalue weighted by Gasteiger charge is -2.15. The Morgan fingerprint density at radius 1 is 0.895 bits per heavy atom. The van der Waals surface area contributed by atoms with Crippen molar-refractivity contribution in [2.75, 3.05) is 7.11 Å². The summed E-state index contributed by atoms with van der Waals surface area (Å²) in [7, 11) is 1.38. The number of hydrogen-bond acceptors (Lipinski definition) is 6. The minimum atomic E-state index is -0.568. The monoisotopic (exact) mass is 547 g/mol. The van der Waals surface area contributed by atoms with Gasteiger partial charge in [0.2, 0.25) is 5.88 Å². The van der Waals surface area contributed by atoms with Crippen LogP contribution in [0.5, 0.6) is 5.88 Å². The largest absolute Gasteiger partial charge is 0.480 e. The molecule has 10 heteroatoms. The number of methoxy groups -OCH3 is 1. The second kappa shape index (κ2) is 10.2. The minimum absolute atomic E-state index is 0.0558. The first-order chi connectivity index (χ1) is 18.4. The summed E-state index contributed by atoms with van der Waals surface area (Å²) in [5.74, 6) is -0.481. The molecule has 0 bridgehead atoms. The third-order valence-electron chi connectivity index (χ3n) is 5.99. The Kier molecular flexibility index (Phi) is 6.75. The minimum Gasteiger partial charge on any atom is -0.480 e. The number of pyridine rings is 2. The lowest BCUT2D eigenvalue weighted by molar-refractivity contribution is 0.111. The smallest absolute Gasteiger partial charge is 0.268 e. The van der Waals surface area contributed by atoms with E-state index in [0.29, 0.717) is 56.8 Å². The molecule has 5 rings (SSSR count). The second-order valence-corrected chi connectivity index (χ2v) is 8.93. The van der Waals surface area contributed by atoms with E-state index < -0.39 is 11.4 Å². The number of fused-ring (bicyclic) bond motifs is 1. The van der Waals surface area contributed by atoms with Crippen molar-refractivity contribution >= 4 is 41.4 Å². The zero-order valence-electron chi connectivity index (χ0n) is 19.6. The summed E-state index contributed by atoms with van der Waals surface area (Å²) < 4.78 is 21.3. The van der Waals surface area contributed by atoms with E-state index in [9.17, 15) is 18.8 Å². The molecule has 188 valence electrons. The Hall–Kier alpha value is -4.40. The lowest BCUT2D eigenvalue weighted by atomic mass is 9.96. The number of benzene rings is 2. The Labute approximate surface area is 225 Å². The quantitative estimate of drug-likeness (QED) is 0.236. The number of carbonyl (C=O) groups excluding carboxylic acids is 2. The SMILES string of the molecule is COc1nc(-c2cc(F)cc(-c3cccc(-c4ccn5c(=O)c(C=O)cnc5c4)c3Cl)c2Cl)ccc1C=O. The number of aromatic nitrogens is 3. The molecule has 0 unspecified atom stereocenters. The van der Waals surface area contributed by atoms with E-state index in [-0.39, 0.29) is 22.0 Å². The molecule has 0 amide bonds. The third kappa shape index (κ3) is 4.34. The molecule has 38 heavy (non-hydrogen) atoms. The molecule has 0 fully saturated rings. The molecule has 0 spiro atoms. The third-order valence-corrected chi connectivity index (χ3v) is 6.80. The molecule has 0 N–H and O–H groups in total. The summed E-state index contributed by atoms with van der Waals surface area (Å²) in [6.45, 7) is 0. The van der Waals surface area contributed by atoms with Crippen LogP contribution in [0.3, 0.4) is 0 Å². The maximum atomic E-state index is 14.9. The molecule has 2 aromatic carbocycles. The van der Waals surface area contributed by atoms with Crippen molar-refractivity contribution in [1.29, 1.82) is 0 Å². The van der Waals surface area contributed by atoms with Crippen molar-refractivity contribution in [2.24, 2.45) is 0 Å². The van der Waals surface area contributed by atoms with Crippen molar-refractivity contribution in [1.82, 2.24) is 14.4 Å². The highest BCUT2D eigenvalue weighted by Gasteiger charge is 2.19. The van der Waals surface area contributed by atoms with Crippen molar-refractivity contribution in [3.63, 3.8) is 0 Å². The Balaban J connectivity index is 1.65. The summed E-state index contributed by atoms with van der Waals surface area (Å²) >= 11 is 13.6. The van der Waals surface area contributed by atoms with Crippen LogP contribution < -0.4 is 10.3 Å². The average Bonchev–Trinajstić information content (AvgIpc) is 2.94. The molecular formula is C28H16Cl2FN3O4. The topological polar surface area (TPSA) is 90.6 Å². The molecule has 0 aliphatic rings. The van der Waals surface area contributed by atoms with Crippen LogP contribution >= 0.6 is 23.2 Å². The molecule has 0 aliphatic carbocycles. The molecular weight excluding hydrogens is 532 g/mol. The normalized spacial score (nSPS) is 10.9. The highest BCUT2D eigenvalue weighted by molar-refractivity contribution is 6.39. The lowest BCUT2D eigenvalue weighted by Crippen LogP contribution is -2.18. The summed E-state index contributed by atoms with van der Waals surface area (Å²) in [6.07, 6.45) is 3.78. The van der Waals surface area contributed by atoms with Gasteiger partial charge in [-0.05, 0) is 42.0 Å². The number of aldehydes is 2. The van der Waals surface area contributed by atoms with Gasteiger partial charge in [-0.2, -0.15) is 0 Å². The van der Waals surface area contributed by atoms with Gasteiger partial charge in [-0.1, -0.05) is 41.4 Å². The molecule has 3 heterocycles. The highest BCUT2D eigenvalue weighted by Crippen LogP contribution is 2.43. The molecule has 0 atom stereocenters. The zero-order chi connectivity index (χ0) is 27.0. The summed E-state index contributed by atoms with van der Waals surface area (Å²) in [5, 5.41) is 0.496. The van der Waals surface area contributed by atoms with Crippen molar-refractivity contribution in [3.05, 3.63) is 104 Å². The van der Waals surface area contributed by atoms with Crippen LogP contribution in [-0.2, 0) is 0 Å². The van der Waals surface area contributed by atoms with E-state index in [1.807, 2.05) is 0 Å². The van der Waals surface area contributed by atoms with E-state index in [0.717, 1.165) is 0 Å². The van der Waals surface area contributed by atoms with Crippen LogP contribution in [0.25, 0.3) is 39.2 Å². The Morgan fingerprint density at radius 2 is 1.61 bits per heavy atom. The van der Waals surface area contributed by atoms with Crippen molar-refractivity contribution < 1.29 is 18.7 Å². The maximum absolute atomic E-state index is 14.9.